The quantitative estimate of drug-likeness (QED) is 0.840. The number of rotatable bonds is 5. The van der Waals surface area contributed by atoms with Crippen molar-refractivity contribution in [1.82, 2.24) is 0 Å². The SMILES string of the molecule is COc1ccc2c(c1OC[C@H](N)C(=O)O)CCCC2. The number of carboxylic acids is 1. The fourth-order valence-corrected chi connectivity index (χ4v) is 2.34. The first-order valence-electron chi connectivity index (χ1n) is 6.43. The molecule has 0 amide bonds. The molecule has 104 valence electrons. The van der Waals surface area contributed by atoms with E-state index in [1.54, 1.807) is 7.11 Å². The largest absolute Gasteiger partial charge is 0.493 e. The van der Waals surface area contributed by atoms with Crippen LogP contribution in [-0.4, -0.2) is 30.8 Å². The Balaban J connectivity index is 2.23. The standard InChI is InChI=1S/C14H19NO4/c1-18-12-7-6-9-4-2-3-5-10(9)13(12)19-8-11(15)14(16)17/h6-7,11H,2-5,8,15H2,1H3,(H,16,17)/t11-/m0/s1. The molecule has 1 aromatic rings. The van der Waals surface area contributed by atoms with Gasteiger partial charge in [-0.15, -0.1) is 0 Å². The number of nitrogens with two attached hydrogens (primary N) is 1. The molecule has 19 heavy (non-hydrogen) atoms. The van der Waals surface area contributed by atoms with Crippen LogP contribution in [0.1, 0.15) is 24.0 Å². The van der Waals surface area contributed by atoms with Crippen LogP contribution in [0.3, 0.4) is 0 Å². The number of methoxy groups -OCH3 is 1. The average Bonchev–Trinajstić information content (AvgIpc) is 2.43. The number of benzene rings is 1. The maximum absolute atomic E-state index is 10.7. The molecule has 1 aliphatic carbocycles. The minimum absolute atomic E-state index is 0.0534. The summed E-state index contributed by atoms with van der Waals surface area (Å²) < 4.78 is 10.9. The Morgan fingerprint density at radius 3 is 2.84 bits per heavy atom. The summed E-state index contributed by atoms with van der Waals surface area (Å²) in [6.45, 7) is -0.0534. The summed E-state index contributed by atoms with van der Waals surface area (Å²) >= 11 is 0. The summed E-state index contributed by atoms with van der Waals surface area (Å²) in [5, 5.41) is 8.79. The van der Waals surface area contributed by atoms with E-state index in [0.29, 0.717) is 11.5 Å². The van der Waals surface area contributed by atoms with Crippen molar-refractivity contribution in [2.45, 2.75) is 31.7 Å². The lowest BCUT2D eigenvalue weighted by molar-refractivity contribution is -0.139. The summed E-state index contributed by atoms with van der Waals surface area (Å²) in [6, 6.07) is 2.90. The lowest BCUT2D eigenvalue weighted by Gasteiger charge is -2.22. The molecule has 0 fully saturated rings. The predicted octanol–water partition coefficient (Wildman–Crippen LogP) is 1.36. The number of fused-ring (bicyclic) bond motifs is 1. The molecule has 0 aromatic heterocycles. The topological polar surface area (TPSA) is 81.8 Å². The van der Waals surface area contributed by atoms with Crippen molar-refractivity contribution in [1.29, 1.82) is 0 Å². The third kappa shape index (κ3) is 2.98. The molecule has 3 N–H and O–H groups in total. The minimum Gasteiger partial charge on any atom is -0.493 e. The highest BCUT2D eigenvalue weighted by atomic mass is 16.5. The van der Waals surface area contributed by atoms with E-state index in [9.17, 15) is 4.79 Å². The summed E-state index contributed by atoms with van der Waals surface area (Å²) in [6.07, 6.45) is 4.25. The van der Waals surface area contributed by atoms with Gasteiger partial charge in [-0.3, -0.25) is 4.79 Å². The van der Waals surface area contributed by atoms with Gasteiger partial charge in [-0.1, -0.05) is 6.07 Å². The van der Waals surface area contributed by atoms with E-state index in [1.165, 1.54) is 12.0 Å². The molecule has 2 rings (SSSR count). The van der Waals surface area contributed by atoms with Crippen molar-refractivity contribution in [3.63, 3.8) is 0 Å². The fourth-order valence-electron chi connectivity index (χ4n) is 2.34. The highest BCUT2D eigenvalue weighted by Crippen LogP contribution is 2.37. The number of carbonyl (C=O) groups is 1. The fraction of sp³-hybridized carbons (Fsp3) is 0.500. The third-order valence-corrected chi connectivity index (χ3v) is 3.39. The van der Waals surface area contributed by atoms with E-state index in [2.05, 4.69) is 6.07 Å². The van der Waals surface area contributed by atoms with Crippen LogP contribution < -0.4 is 15.2 Å². The Morgan fingerprint density at radius 2 is 2.16 bits per heavy atom. The molecule has 1 aliphatic rings. The molecule has 0 saturated carbocycles. The van der Waals surface area contributed by atoms with Crippen LogP contribution in [0.25, 0.3) is 0 Å². The normalized spacial score (nSPS) is 15.5. The monoisotopic (exact) mass is 265 g/mol. The molecule has 0 radical (unpaired) electrons. The molecule has 5 heteroatoms. The Bertz CT molecular complexity index is 473. The Hall–Kier alpha value is -1.75. The van der Waals surface area contributed by atoms with E-state index < -0.39 is 12.0 Å². The molecule has 0 heterocycles. The zero-order valence-electron chi connectivity index (χ0n) is 11.0. The smallest absolute Gasteiger partial charge is 0.324 e. The van der Waals surface area contributed by atoms with Crippen LogP contribution in [0.2, 0.25) is 0 Å². The van der Waals surface area contributed by atoms with Crippen LogP contribution in [0, 0.1) is 0 Å². The van der Waals surface area contributed by atoms with E-state index in [0.717, 1.165) is 24.8 Å². The Morgan fingerprint density at radius 1 is 1.42 bits per heavy atom. The number of ether oxygens (including phenoxy) is 2. The van der Waals surface area contributed by atoms with E-state index in [4.69, 9.17) is 20.3 Å². The zero-order valence-corrected chi connectivity index (χ0v) is 11.0. The van der Waals surface area contributed by atoms with Gasteiger partial charge in [0.15, 0.2) is 11.5 Å². The first-order valence-corrected chi connectivity index (χ1v) is 6.43. The van der Waals surface area contributed by atoms with Gasteiger partial charge < -0.3 is 20.3 Å². The molecular formula is C14H19NO4. The van der Waals surface area contributed by atoms with Gasteiger partial charge in [0, 0.05) is 5.56 Å². The highest BCUT2D eigenvalue weighted by Gasteiger charge is 2.20. The molecule has 1 aromatic carbocycles. The Kier molecular flexibility index (Phi) is 4.27. The minimum atomic E-state index is -1.07. The summed E-state index contributed by atoms with van der Waals surface area (Å²) in [5.74, 6) is 0.221. The van der Waals surface area contributed by atoms with Crippen molar-refractivity contribution in [3.8, 4) is 11.5 Å². The zero-order chi connectivity index (χ0) is 13.8. The van der Waals surface area contributed by atoms with Gasteiger partial charge >= 0.3 is 5.97 Å². The van der Waals surface area contributed by atoms with Crippen LogP contribution in [0.15, 0.2) is 12.1 Å². The van der Waals surface area contributed by atoms with Crippen molar-refractivity contribution < 1.29 is 19.4 Å². The van der Waals surface area contributed by atoms with Gasteiger partial charge in [-0.2, -0.15) is 0 Å². The molecule has 0 unspecified atom stereocenters. The molecule has 0 saturated heterocycles. The molecule has 0 bridgehead atoms. The molecule has 5 nitrogen and oxygen atoms in total. The lowest BCUT2D eigenvalue weighted by atomic mass is 9.91. The van der Waals surface area contributed by atoms with Gasteiger partial charge in [-0.05, 0) is 37.3 Å². The molecular weight excluding hydrogens is 246 g/mol. The van der Waals surface area contributed by atoms with Gasteiger partial charge in [0.1, 0.15) is 12.6 Å². The second kappa shape index (κ2) is 5.93. The summed E-state index contributed by atoms with van der Waals surface area (Å²) in [5.41, 5.74) is 7.85. The third-order valence-electron chi connectivity index (χ3n) is 3.39. The van der Waals surface area contributed by atoms with Crippen LogP contribution >= 0.6 is 0 Å². The summed E-state index contributed by atoms with van der Waals surface area (Å²) in [4.78, 5) is 10.7. The van der Waals surface area contributed by atoms with Gasteiger partial charge in [0.2, 0.25) is 0 Å². The number of aliphatic carboxylic acids is 1. The molecule has 0 aliphatic heterocycles. The van der Waals surface area contributed by atoms with E-state index in [-0.39, 0.29) is 6.61 Å². The molecule has 0 spiro atoms. The maximum Gasteiger partial charge on any atom is 0.324 e. The first-order chi connectivity index (χ1) is 9.13. The van der Waals surface area contributed by atoms with Gasteiger partial charge in [0.05, 0.1) is 7.11 Å². The van der Waals surface area contributed by atoms with Crippen molar-refractivity contribution >= 4 is 5.97 Å². The van der Waals surface area contributed by atoms with Crippen molar-refractivity contribution in [2.24, 2.45) is 5.73 Å². The average molecular weight is 265 g/mol. The van der Waals surface area contributed by atoms with Crippen molar-refractivity contribution in [2.75, 3.05) is 13.7 Å². The van der Waals surface area contributed by atoms with Crippen LogP contribution in [-0.2, 0) is 17.6 Å². The second-order valence-corrected chi connectivity index (χ2v) is 4.70. The second-order valence-electron chi connectivity index (χ2n) is 4.70. The van der Waals surface area contributed by atoms with Gasteiger partial charge in [-0.25, -0.2) is 0 Å². The number of hydrogen-bond donors (Lipinski definition) is 2. The first kappa shape index (κ1) is 13.7. The van der Waals surface area contributed by atoms with E-state index >= 15 is 0 Å². The van der Waals surface area contributed by atoms with Crippen LogP contribution in [0.5, 0.6) is 11.5 Å². The number of hydrogen-bond acceptors (Lipinski definition) is 4. The molecule has 1 atom stereocenters. The van der Waals surface area contributed by atoms with Crippen LogP contribution in [0.4, 0.5) is 0 Å². The predicted molar refractivity (Wildman–Crippen MR) is 70.7 cm³/mol. The van der Waals surface area contributed by atoms with Crippen molar-refractivity contribution in [3.05, 3.63) is 23.3 Å². The Labute approximate surface area is 112 Å². The van der Waals surface area contributed by atoms with Gasteiger partial charge in [0.25, 0.3) is 0 Å². The highest BCUT2D eigenvalue weighted by molar-refractivity contribution is 5.73. The number of aryl methyl sites for hydroxylation is 1. The summed E-state index contributed by atoms with van der Waals surface area (Å²) in [7, 11) is 1.58. The number of carboxylic acid groups (broad SMARTS) is 1. The maximum atomic E-state index is 10.7. The van der Waals surface area contributed by atoms with E-state index in [1.807, 2.05) is 6.07 Å². The lowest BCUT2D eigenvalue weighted by Crippen LogP contribution is -2.36.